The van der Waals surface area contributed by atoms with Gasteiger partial charge in [-0.3, -0.25) is 4.79 Å². The zero-order valence-corrected chi connectivity index (χ0v) is 13.4. The highest BCUT2D eigenvalue weighted by Crippen LogP contribution is 2.19. The number of amides is 1. The molecule has 0 aliphatic carbocycles. The van der Waals surface area contributed by atoms with Crippen molar-refractivity contribution in [3.8, 4) is 0 Å². The lowest BCUT2D eigenvalue weighted by atomic mass is 10.1. The van der Waals surface area contributed by atoms with E-state index in [-0.39, 0.29) is 29.3 Å². The molecule has 2 N–H and O–H groups in total. The maximum absolute atomic E-state index is 12.1. The highest BCUT2D eigenvalue weighted by atomic mass is 32.2. The third-order valence-electron chi connectivity index (χ3n) is 2.87. The summed E-state index contributed by atoms with van der Waals surface area (Å²) >= 11 is 1.11. The summed E-state index contributed by atoms with van der Waals surface area (Å²) in [4.78, 5) is 11.8. The number of thiophene rings is 1. The molecule has 0 unspecified atom stereocenters. The first-order valence-corrected chi connectivity index (χ1v) is 8.51. The summed E-state index contributed by atoms with van der Waals surface area (Å²) < 4.78 is 25.5. The minimum atomic E-state index is -3.62. The van der Waals surface area contributed by atoms with Crippen LogP contribution < -0.4 is 5.32 Å². The van der Waals surface area contributed by atoms with Crippen LogP contribution in [-0.2, 0) is 14.8 Å². The van der Waals surface area contributed by atoms with E-state index < -0.39 is 15.9 Å². The van der Waals surface area contributed by atoms with Crippen LogP contribution in [0.1, 0.15) is 13.8 Å². The molecule has 1 heterocycles. The molecule has 6 nitrogen and oxygen atoms in total. The van der Waals surface area contributed by atoms with E-state index in [0.717, 1.165) is 15.6 Å². The largest absolute Gasteiger partial charge is 0.394 e. The van der Waals surface area contributed by atoms with Crippen molar-refractivity contribution in [3.05, 3.63) is 17.5 Å². The van der Waals surface area contributed by atoms with Crippen molar-refractivity contribution >= 4 is 27.3 Å². The molecule has 0 fully saturated rings. The van der Waals surface area contributed by atoms with Gasteiger partial charge in [0.1, 0.15) is 4.21 Å². The van der Waals surface area contributed by atoms with Crippen LogP contribution in [0.15, 0.2) is 21.7 Å². The van der Waals surface area contributed by atoms with Gasteiger partial charge in [0, 0.05) is 7.05 Å². The predicted octanol–water partition coefficient (Wildman–Crippen LogP) is 0.502. The van der Waals surface area contributed by atoms with Crippen molar-refractivity contribution in [1.29, 1.82) is 0 Å². The van der Waals surface area contributed by atoms with Gasteiger partial charge in [-0.15, -0.1) is 11.3 Å². The Morgan fingerprint density at radius 1 is 1.50 bits per heavy atom. The number of hydrogen-bond donors (Lipinski definition) is 2. The van der Waals surface area contributed by atoms with Crippen LogP contribution in [0.2, 0.25) is 0 Å². The number of aliphatic hydroxyl groups excluding tert-OH is 1. The molecule has 1 rings (SSSR count). The first-order chi connectivity index (χ1) is 9.28. The molecule has 1 amide bonds. The Morgan fingerprint density at radius 3 is 2.60 bits per heavy atom. The van der Waals surface area contributed by atoms with Crippen molar-refractivity contribution < 1.29 is 18.3 Å². The fourth-order valence-electron chi connectivity index (χ4n) is 1.53. The molecular weight excluding hydrogens is 300 g/mol. The third-order valence-corrected chi connectivity index (χ3v) is 6.05. The van der Waals surface area contributed by atoms with Gasteiger partial charge in [0.05, 0.1) is 19.2 Å². The van der Waals surface area contributed by atoms with Gasteiger partial charge < -0.3 is 10.4 Å². The standard InChI is InChI=1S/C12H20N2O4S2/c1-9(2)10(8-15)13-11(16)7-14(3)20(17,18)12-5-4-6-19-12/h4-6,9-10,15H,7-8H2,1-3H3,(H,13,16)/t10-/m1/s1. The second-order valence-electron chi connectivity index (χ2n) is 4.79. The molecular formula is C12H20N2O4S2. The smallest absolute Gasteiger partial charge is 0.252 e. The normalized spacial score (nSPS) is 13.7. The lowest BCUT2D eigenvalue weighted by Gasteiger charge is -2.22. The van der Waals surface area contributed by atoms with E-state index in [1.54, 1.807) is 11.4 Å². The topological polar surface area (TPSA) is 86.7 Å². The van der Waals surface area contributed by atoms with Gasteiger partial charge >= 0.3 is 0 Å². The molecule has 0 spiro atoms. The molecule has 0 bridgehead atoms. The molecule has 1 aromatic rings. The lowest BCUT2D eigenvalue weighted by Crippen LogP contribution is -2.46. The first-order valence-electron chi connectivity index (χ1n) is 6.19. The molecule has 1 atom stereocenters. The van der Waals surface area contributed by atoms with Gasteiger partial charge in [0.2, 0.25) is 5.91 Å². The molecule has 0 aromatic carbocycles. The fraction of sp³-hybridized carbons (Fsp3) is 0.583. The summed E-state index contributed by atoms with van der Waals surface area (Å²) in [5, 5.41) is 13.4. The van der Waals surface area contributed by atoms with Gasteiger partial charge in [-0.2, -0.15) is 4.31 Å². The molecule has 20 heavy (non-hydrogen) atoms. The van der Waals surface area contributed by atoms with E-state index in [9.17, 15) is 13.2 Å². The number of sulfonamides is 1. The number of carbonyl (C=O) groups is 1. The number of likely N-dealkylation sites (N-methyl/N-ethyl adjacent to an activating group) is 1. The van der Waals surface area contributed by atoms with Crippen LogP contribution in [0.5, 0.6) is 0 Å². The Balaban J connectivity index is 2.67. The van der Waals surface area contributed by atoms with Crippen LogP contribution in [0.25, 0.3) is 0 Å². The van der Waals surface area contributed by atoms with E-state index >= 15 is 0 Å². The Labute approximate surface area is 123 Å². The Kier molecular flexibility index (Phi) is 6.12. The van der Waals surface area contributed by atoms with Crippen molar-refractivity contribution in [2.24, 2.45) is 5.92 Å². The quantitative estimate of drug-likeness (QED) is 0.766. The summed E-state index contributed by atoms with van der Waals surface area (Å²) in [5.41, 5.74) is 0. The number of aliphatic hydroxyl groups is 1. The Bertz CT molecular complexity index is 526. The summed E-state index contributed by atoms with van der Waals surface area (Å²) in [6, 6.07) is 2.77. The Morgan fingerprint density at radius 2 is 2.15 bits per heavy atom. The summed E-state index contributed by atoms with van der Waals surface area (Å²) in [6.45, 7) is 3.29. The second-order valence-corrected chi connectivity index (χ2v) is 8.01. The zero-order valence-electron chi connectivity index (χ0n) is 11.7. The Hall–Kier alpha value is -0.960. The van der Waals surface area contributed by atoms with E-state index in [4.69, 9.17) is 5.11 Å². The minimum absolute atomic E-state index is 0.0724. The molecule has 8 heteroatoms. The van der Waals surface area contributed by atoms with Crippen molar-refractivity contribution in [2.75, 3.05) is 20.2 Å². The van der Waals surface area contributed by atoms with Crippen molar-refractivity contribution in [1.82, 2.24) is 9.62 Å². The third kappa shape index (κ3) is 4.27. The van der Waals surface area contributed by atoms with E-state index in [1.165, 1.54) is 13.1 Å². The van der Waals surface area contributed by atoms with Gasteiger partial charge in [-0.05, 0) is 17.4 Å². The van der Waals surface area contributed by atoms with Crippen LogP contribution >= 0.6 is 11.3 Å². The minimum Gasteiger partial charge on any atom is -0.394 e. The van der Waals surface area contributed by atoms with E-state index in [1.807, 2.05) is 13.8 Å². The highest BCUT2D eigenvalue weighted by molar-refractivity contribution is 7.91. The van der Waals surface area contributed by atoms with Crippen LogP contribution in [-0.4, -0.2) is 50.0 Å². The number of nitrogens with one attached hydrogen (secondary N) is 1. The average Bonchev–Trinajstić information content (AvgIpc) is 2.89. The van der Waals surface area contributed by atoms with Crippen LogP contribution in [0.4, 0.5) is 0 Å². The maximum Gasteiger partial charge on any atom is 0.252 e. The molecule has 114 valence electrons. The number of rotatable bonds is 7. The summed E-state index contributed by atoms with van der Waals surface area (Å²) in [7, 11) is -2.27. The van der Waals surface area contributed by atoms with Gasteiger partial charge in [0.25, 0.3) is 10.0 Å². The molecule has 0 saturated heterocycles. The van der Waals surface area contributed by atoms with E-state index in [2.05, 4.69) is 5.32 Å². The maximum atomic E-state index is 12.1. The van der Waals surface area contributed by atoms with Gasteiger partial charge in [-0.1, -0.05) is 19.9 Å². The van der Waals surface area contributed by atoms with Gasteiger partial charge in [-0.25, -0.2) is 8.42 Å². The highest BCUT2D eigenvalue weighted by Gasteiger charge is 2.25. The summed E-state index contributed by atoms with van der Waals surface area (Å²) in [5.74, 6) is -0.358. The molecule has 0 aliphatic rings. The average molecular weight is 320 g/mol. The van der Waals surface area contributed by atoms with Crippen LogP contribution in [0.3, 0.4) is 0 Å². The van der Waals surface area contributed by atoms with E-state index in [0.29, 0.717) is 0 Å². The molecule has 0 aliphatic heterocycles. The van der Waals surface area contributed by atoms with Gasteiger partial charge in [0.15, 0.2) is 0 Å². The zero-order chi connectivity index (χ0) is 15.3. The lowest BCUT2D eigenvalue weighted by molar-refractivity contribution is -0.122. The van der Waals surface area contributed by atoms with Crippen molar-refractivity contribution in [2.45, 2.75) is 24.1 Å². The number of carbonyl (C=O) groups excluding carboxylic acids is 1. The second kappa shape index (κ2) is 7.16. The van der Waals surface area contributed by atoms with Crippen LogP contribution in [0, 0.1) is 5.92 Å². The number of hydrogen-bond acceptors (Lipinski definition) is 5. The monoisotopic (exact) mass is 320 g/mol. The fourth-order valence-corrected chi connectivity index (χ4v) is 3.85. The predicted molar refractivity (Wildman–Crippen MR) is 78.0 cm³/mol. The summed E-state index contributed by atoms with van der Waals surface area (Å²) in [6.07, 6.45) is 0. The molecule has 0 radical (unpaired) electrons. The number of nitrogens with zero attached hydrogens (tertiary/aromatic N) is 1. The molecule has 0 saturated carbocycles. The first kappa shape index (κ1) is 17.1. The molecule has 1 aromatic heterocycles. The SMILES string of the molecule is CC(C)[C@@H](CO)NC(=O)CN(C)S(=O)(=O)c1cccs1. The van der Waals surface area contributed by atoms with Crippen molar-refractivity contribution in [3.63, 3.8) is 0 Å².